The highest BCUT2D eigenvalue weighted by atomic mass is 16.5. The molecule has 0 radical (unpaired) electrons. The standard InChI is InChI=1S/C25H21N5O4/c26-25(33)27-19-13-11-18(12-14-19)24(32)34-16-23(31)28-22-15-21(17-7-3-1-4-8-17)29-30(22)20-9-5-2-6-10-20/h1-15H,16H2,(H,28,31)(H3,26,27,33). The van der Waals surface area contributed by atoms with Gasteiger partial charge in [0, 0.05) is 17.3 Å². The fourth-order valence-electron chi connectivity index (χ4n) is 3.21. The largest absolute Gasteiger partial charge is 0.452 e. The Morgan fingerprint density at radius 3 is 2.15 bits per heavy atom. The Morgan fingerprint density at radius 2 is 1.50 bits per heavy atom. The molecule has 3 amide bonds. The zero-order chi connectivity index (χ0) is 23.9. The van der Waals surface area contributed by atoms with Gasteiger partial charge in [0.25, 0.3) is 5.91 Å². The summed E-state index contributed by atoms with van der Waals surface area (Å²) in [5.74, 6) is -0.757. The van der Waals surface area contributed by atoms with Crippen LogP contribution in [-0.2, 0) is 9.53 Å². The maximum absolute atomic E-state index is 12.6. The molecule has 1 heterocycles. The van der Waals surface area contributed by atoms with Crippen LogP contribution < -0.4 is 16.4 Å². The number of hydrogen-bond donors (Lipinski definition) is 3. The molecule has 4 N–H and O–H groups in total. The summed E-state index contributed by atoms with van der Waals surface area (Å²) in [5, 5.41) is 9.79. The molecule has 9 heteroatoms. The number of anilines is 2. The van der Waals surface area contributed by atoms with Crippen molar-refractivity contribution in [2.24, 2.45) is 5.73 Å². The van der Waals surface area contributed by atoms with Crippen LogP contribution in [0.15, 0.2) is 91.0 Å². The summed E-state index contributed by atoms with van der Waals surface area (Å²) >= 11 is 0. The Labute approximate surface area is 195 Å². The minimum absolute atomic E-state index is 0.225. The van der Waals surface area contributed by atoms with Crippen molar-refractivity contribution in [2.45, 2.75) is 0 Å². The molecule has 1 aromatic heterocycles. The van der Waals surface area contributed by atoms with Crippen LogP contribution in [0.2, 0.25) is 0 Å². The van der Waals surface area contributed by atoms with Gasteiger partial charge in [-0.15, -0.1) is 0 Å². The summed E-state index contributed by atoms with van der Waals surface area (Å²) in [6.07, 6.45) is 0. The average Bonchev–Trinajstić information content (AvgIpc) is 3.27. The number of rotatable bonds is 7. The van der Waals surface area contributed by atoms with Crippen molar-refractivity contribution in [3.05, 3.63) is 96.6 Å². The van der Waals surface area contributed by atoms with Crippen LogP contribution in [0.4, 0.5) is 16.3 Å². The number of amides is 3. The molecule has 0 unspecified atom stereocenters. The lowest BCUT2D eigenvalue weighted by atomic mass is 10.2. The van der Waals surface area contributed by atoms with Gasteiger partial charge in [0.05, 0.1) is 16.9 Å². The van der Waals surface area contributed by atoms with Crippen molar-refractivity contribution in [2.75, 3.05) is 17.2 Å². The third kappa shape index (κ3) is 5.46. The van der Waals surface area contributed by atoms with Gasteiger partial charge in [-0.2, -0.15) is 5.10 Å². The zero-order valence-electron chi connectivity index (χ0n) is 18.0. The Hall–Kier alpha value is -4.92. The molecule has 34 heavy (non-hydrogen) atoms. The maximum Gasteiger partial charge on any atom is 0.338 e. The highest BCUT2D eigenvalue weighted by Gasteiger charge is 2.16. The average molecular weight is 455 g/mol. The fourth-order valence-corrected chi connectivity index (χ4v) is 3.21. The number of esters is 1. The number of carbonyl (C=O) groups excluding carboxylic acids is 3. The Kier molecular flexibility index (Phi) is 6.64. The summed E-state index contributed by atoms with van der Waals surface area (Å²) in [6, 6.07) is 25.9. The van der Waals surface area contributed by atoms with Crippen LogP contribution in [0, 0.1) is 0 Å². The molecule has 9 nitrogen and oxygen atoms in total. The van der Waals surface area contributed by atoms with Gasteiger partial charge in [-0.3, -0.25) is 4.79 Å². The predicted octanol–water partition coefficient (Wildman–Crippen LogP) is 3.83. The highest BCUT2D eigenvalue weighted by molar-refractivity contribution is 5.96. The summed E-state index contributed by atoms with van der Waals surface area (Å²) in [6.45, 7) is -0.485. The fraction of sp³-hybridized carbons (Fsp3) is 0.0400. The van der Waals surface area contributed by atoms with Gasteiger partial charge < -0.3 is 21.1 Å². The molecule has 0 aliphatic carbocycles. The lowest BCUT2D eigenvalue weighted by molar-refractivity contribution is -0.119. The number of primary amides is 1. The second kappa shape index (κ2) is 10.1. The van der Waals surface area contributed by atoms with E-state index in [1.54, 1.807) is 10.7 Å². The first-order valence-corrected chi connectivity index (χ1v) is 10.3. The minimum atomic E-state index is -0.711. The van der Waals surface area contributed by atoms with Crippen molar-refractivity contribution < 1.29 is 19.1 Å². The minimum Gasteiger partial charge on any atom is -0.452 e. The molecule has 0 atom stereocenters. The highest BCUT2D eigenvalue weighted by Crippen LogP contribution is 2.24. The van der Waals surface area contributed by atoms with Gasteiger partial charge in [0.1, 0.15) is 5.82 Å². The number of hydrogen-bond acceptors (Lipinski definition) is 5. The first kappa shape index (κ1) is 22.3. The quantitative estimate of drug-likeness (QED) is 0.365. The lowest BCUT2D eigenvalue weighted by Gasteiger charge is -2.09. The molecule has 0 saturated heterocycles. The number of nitrogens with one attached hydrogen (secondary N) is 2. The zero-order valence-corrected chi connectivity index (χ0v) is 18.0. The number of nitrogens with two attached hydrogens (primary N) is 1. The molecule has 0 aliphatic rings. The van der Waals surface area contributed by atoms with Gasteiger partial charge in [-0.05, 0) is 36.4 Å². The normalized spacial score (nSPS) is 10.4. The van der Waals surface area contributed by atoms with Gasteiger partial charge in [0.15, 0.2) is 6.61 Å². The van der Waals surface area contributed by atoms with E-state index in [-0.39, 0.29) is 5.56 Å². The molecule has 0 bridgehead atoms. The molecular formula is C25H21N5O4. The topological polar surface area (TPSA) is 128 Å². The summed E-state index contributed by atoms with van der Waals surface area (Å²) < 4.78 is 6.74. The number of carbonyl (C=O) groups is 3. The summed E-state index contributed by atoms with van der Waals surface area (Å²) in [5.41, 5.74) is 8.06. The van der Waals surface area contributed by atoms with E-state index in [9.17, 15) is 14.4 Å². The van der Waals surface area contributed by atoms with E-state index in [1.165, 1.54) is 24.3 Å². The number of aromatic nitrogens is 2. The van der Waals surface area contributed by atoms with Crippen LogP contribution in [0.25, 0.3) is 16.9 Å². The van der Waals surface area contributed by atoms with E-state index in [1.807, 2.05) is 60.7 Å². The predicted molar refractivity (Wildman–Crippen MR) is 128 cm³/mol. The van der Waals surface area contributed by atoms with Crippen molar-refractivity contribution in [1.82, 2.24) is 9.78 Å². The first-order valence-electron chi connectivity index (χ1n) is 10.3. The monoisotopic (exact) mass is 455 g/mol. The third-order valence-corrected chi connectivity index (χ3v) is 4.77. The van der Waals surface area contributed by atoms with E-state index in [0.29, 0.717) is 17.2 Å². The van der Waals surface area contributed by atoms with Crippen LogP contribution in [0.3, 0.4) is 0 Å². The molecule has 4 aromatic rings. The molecule has 0 spiro atoms. The molecular weight excluding hydrogens is 434 g/mol. The van der Waals surface area contributed by atoms with Crippen LogP contribution in [0.5, 0.6) is 0 Å². The second-order valence-corrected chi connectivity index (χ2v) is 7.22. The Bertz CT molecular complexity index is 1300. The van der Waals surface area contributed by atoms with Crippen molar-refractivity contribution in [3.63, 3.8) is 0 Å². The summed E-state index contributed by atoms with van der Waals surface area (Å²) in [7, 11) is 0. The number of benzene rings is 3. The number of para-hydroxylation sites is 1. The van der Waals surface area contributed by atoms with Crippen molar-refractivity contribution in [3.8, 4) is 16.9 Å². The lowest BCUT2D eigenvalue weighted by Crippen LogP contribution is -2.22. The van der Waals surface area contributed by atoms with Crippen LogP contribution >= 0.6 is 0 Å². The number of ether oxygens (including phenoxy) is 1. The first-order chi connectivity index (χ1) is 16.5. The second-order valence-electron chi connectivity index (χ2n) is 7.22. The number of nitrogens with zero attached hydrogens (tertiary/aromatic N) is 2. The van der Waals surface area contributed by atoms with Crippen LogP contribution in [-0.4, -0.2) is 34.3 Å². The molecule has 3 aromatic carbocycles. The van der Waals surface area contributed by atoms with Crippen LogP contribution in [0.1, 0.15) is 10.4 Å². The van der Waals surface area contributed by atoms with E-state index in [4.69, 9.17) is 10.5 Å². The van der Waals surface area contributed by atoms with Gasteiger partial charge in [0.2, 0.25) is 0 Å². The molecule has 0 aliphatic heterocycles. The SMILES string of the molecule is NC(=O)Nc1ccc(C(=O)OCC(=O)Nc2cc(-c3ccccc3)nn2-c2ccccc2)cc1. The van der Waals surface area contributed by atoms with Crippen molar-refractivity contribution >= 4 is 29.4 Å². The van der Waals surface area contributed by atoms with Crippen molar-refractivity contribution in [1.29, 1.82) is 0 Å². The van der Waals surface area contributed by atoms with Gasteiger partial charge in [-0.25, -0.2) is 14.3 Å². The molecule has 4 rings (SSSR count). The van der Waals surface area contributed by atoms with E-state index in [0.717, 1.165) is 11.3 Å². The maximum atomic E-state index is 12.6. The molecule has 0 saturated carbocycles. The van der Waals surface area contributed by atoms with E-state index >= 15 is 0 Å². The van der Waals surface area contributed by atoms with E-state index in [2.05, 4.69) is 15.7 Å². The molecule has 170 valence electrons. The van der Waals surface area contributed by atoms with Gasteiger partial charge >= 0.3 is 12.0 Å². The third-order valence-electron chi connectivity index (χ3n) is 4.77. The Morgan fingerprint density at radius 1 is 0.853 bits per heavy atom. The van der Waals surface area contributed by atoms with E-state index < -0.39 is 24.5 Å². The Balaban J connectivity index is 1.45. The molecule has 0 fully saturated rings. The van der Waals surface area contributed by atoms with Gasteiger partial charge in [-0.1, -0.05) is 48.5 Å². The smallest absolute Gasteiger partial charge is 0.338 e. The summed E-state index contributed by atoms with van der Waals surface area (Å²) in [4.78, 5) is 35.7. The number of urea groups is 1.